The number of hydrogen-bond acceptors (Lipinski definition) is 3. The Bertz CT molecular complexity index is 1150. The molecular weight excluding hydrogens is 420 g/mol. The topological polar surface area (TPSA) is 51.2 Å². The lowest BCUT2D eigenvalue weighted by Crippen LogP contribution is -2.31. The molecule has 31 heavy (non-hydrogen) atoms. The van der Waals surface area contributed by atoms with Crippen LogP contribution in [0.2, 0.25) is 19.6 Å². The number of carbonyl (C=O) groups is 1. The first kappa shape index (κ1) is 22.0. The van der Waals surface area contributed by atoms with Crippen molar-refractivity contribution in [3.63, 3.8) is 0 Å². The molecule has 2 aliphatic rings. The van der Waals surface area contributed by atoms with Gasteiger partial charge >= 0.3 is 0 Å². The maximum Gasteiger partial charge on any atom is 0.203 e. The van der Waals surface area contributed by atoms with E-state index in [0.717, 1.165) is 41.2 Å². The first-order valence-corrected chi connectivity index (χ1v) is 16.0. The van der Waals surface area contributed by atoms with Crippen LogP contribution in [0.15, 0.2) is 86.8 Å². The van der Waals surface area contributed by atoms with Gasteiger partial charge in [-0.1, -0.05) is 68.2 Å². The number of allylic oxidation sites excluding steroid dienone is 4. The Labute approximate surface area is 186 Å². The first-order valence-electron chi connectivity index (χ1n) is 11.1. The zero-order valence-corrected chi connectivity index (χ0v) is 20.3. The summed E-state index contributed by atoms with van der Waals surface area (Å²) >= 11 is 0. The van der Waals surface area contributed by atoms with E-state index in [4.69, 9.17) is 0 Å². The van der Waals surface area contributed by atoms with Crippen molar-refractivity contribution in [3.8, 4) is 0 Å². The summed E-state index contributed by atoms with van der Waals surface area (Å²) < 4.78 is 27.5. The highest BCUT2D eigenvalue weighted by atomic mass is 32.2. The third-order valence-corrected chi connectivity index (χ3v) is 10.3. The molecule has 0 heterocycles. The summed E-state index contributed by atoms with van der Waals surface area (Å²) in [4.78, 5) is 14.6. The molecule has 5 heteroatoms. The molecule has 0 N–H and O–H groups in total. The fraction of sp³-hybridized carbons (Fsp3) is 0.346. The molecule has 4 rings (SSSR count). The van der Waals surface area contributed by atoms with E-state index in [0.29, 0.717) is 22.6 Å². The molecule has 1 atom stereocenters. The van der Waals surface area contributed by atoms with Gasteiger partial charge in [-0.05, 0) is 66.1 Å². The first-order chi connectivity index (χ1) is 14.7. The van der Waals surface area contributed by atoms with Gasteiger partial charge in [0.15, 0.2) is 5.78 Å². The van der Waals surface area contributed by atoms with Crippen molar-refractivity contribution in [1.29, 1.82) is 0 Å². The van der Waals surface area contributed by atoms with Gasteiger partial charge in [0.25, 0.3) is 0 Å². The van der Waals surface area contributed by atoms with E-state index < -0.39 is 23.8 Å². The van der Waals surface area contributed by atoms with Crippen molar-refractivity contribution in [2.24, 2.45) is 5.92 Å². The molecule has 1 unspecified atom stereocenters. The highest BCUT2D eigenvalue weighted by molar-refractivity contribution is 7.95. The zero-order chi connectivity index (χ0) is 22.2. The molecule has 0 fully saturated rings. The van der Waals surface area contributed by atoms with E-state index in [1.807, 2.05) is 36.4 Å². The molecule has 0 amide bonds. The number of carbonyl (C=O) groups excluding carboxylic acids is 1. The summed E-state index contributed by atoms with van der Waals surface area (Å²) in [5.41, 5.74) is 2.95. The van der Waals surface area contributed by atoms with Crippen molar-refractivity contribution in [2.75, 3.05) is 0 Å². The second-order valence-corrected chi connectivity index (χ2v) is 16.5. The van der Waals surface area contributed by atoms with Gasteiger partial charge in [-0.15, -0.1) is 0 Å². The van der Waals surface area contributed by atoms with Crippen molar-refractivity contribution in [2.45, 2.75) is 56.6 Å². The van der Waals surface area contributed by atoms with Crippen LogP contribution in [-0.2, 0) is 21.1 Å². The molecular formula is C26H30O3SSi. The van der Waals surface area contributed by atoms with Crippen LogP contribution >= 0.6 is 0 Å². The number of hydrogen-bond donors (Lipinski definition) is 0. The predicted molar refractivity (Wildman–Crippen MR) is 128 cm³/mol. The second kappa shape index (κ2) is 8.36. The fourth-order valence-corrected chi connectivity index (χ4v) is 8.88. The molecule has 0 radical (unpaired) electrons. The molecule has 3 nitrogen and oxygen atoms in total. The Hall–Kier alpha value is -2.24. The number of ketones is 1. The maximum atomic E-state index is 13.8. The Kier molecular flexibility index (Phi) is 5.92. The molecule has 2 aromatic carbocycles. The summed E-state index contributed by atoms with van der Waals surface area (Å²) in [6.07, 6.45) is 3.62. The highest BCUT2D eigenvalue weighted by Gasteiger charge is 2.45. The quantitative estimate of drug-likeness (QED) is 0.533. The molecule has 0 bridgehead atoms. The SMILES string of the molecule is C[Si](C)(C)C1=C2CCCCC(S(=O)(=O)c3ccccc3)=C2C(Cc2ccccc2)C1=O. The molecule has 162 valence electrons. The monoisotopic (exact) mass is 450 g/mol. The largest absolute Gasteiger partial charge is 0.294 e. The lowest BCUT2D eigenvalue weighted by Gasteiger charge is -2.19. The van der Waals surface area contributed by atoms with Crippen molar-refractivity contribution in [3.05, 3.63) is 87.5 Å². The maximum absolute atomic E-state index is 13.8. The van der Waals surface area contributed by atoms with Gasteiger partial charge in [0.2, 0.25) is 9.84 Å². The van der Waals surface area contributed by atoms with Gasteiger partial charge in [0.1, 0.15) is 0 Å². The van der Waals surface area contributed by atoms with Crippen LogP contribution in [0.1, 0.15) is 31.2 Å². The van der Waals surface area contributed by atoms with E-state index >= 15 is 0 Å². The van der Waals surface area contributed by atoms with Gasteiger partial charge in [-0.25, -0.2) is 8.42 Å². The minimum Gasteiger partial charge on any atom is -0.294 e. The summed E-state index contributed by atoms with van der Waals surface area (Å²) in [5, 5.41) is 0.964. The van der Waals surface area contributed by atoms with Crippen LogP contribution in [0.4, 0.5) is 0 Å². The van der Waals surface area contributed by atoms with E-state index in [9.17, 15) is 13.2 Å². The number of benzene rings is 2. The minimum absolute atomic E-state index is 0.163. The summed E-state index contributed by atoms with van der Waals surface area (Å²) in [6, 6.07) is 18.7. The van der Waals surface area contributed by atoms with Crippen LogP contribution in [-0.4, -0.2) is 22.3 Å². The number of fused-ring (bicyclic) bond motifs is 1. The average molecular weight is 451 g/mol. The fourth-order valence-electron chi connectivity index (χ4n) is 5.03. The predicted octanol–water partition coefficient (Wildman–Crippen LogP) is 5.90. The van der Waals surface area contributed by atoms with Gasteiger partial charge in [0.05, 0.1) is 23.8 Å². The molecule has 2 aromatic rings. The van der Waals surface area contributed by atoms with Crippen LogP contribution in [0.3, 0.4) is 0 Å². The Morgan fingerprint density at radius 1 is 0.871 bits per heavy atom. The van der Waals surface area contributed by atoms with E-state index in [1.165, 1.54) is 0 Å². The van der Waals surface area contributed by atoms with Crippen molar-refractivity contribution < 1.29 is 13.2 Å². The zero-order valence-electron chi connectivity index (χ0n) is 18.5. The van der Waals surface area contributed by atoms with E-state index in [1.54, 1.807) is 24.3 Å². The number of rotatable bonds is 5. The highest BCUT2D eigenvalue weighted by Crippen LogP contribution is 2.48. The molecule has 0 saturated carbocycles. The minimum atomic E-state index is -3.65. The number of Topliss-reactive ketones (excluding diaryl/α,β-unsaturated/α-hetero) is 1. The van der Waals surface area contributed by atoms with Gasteiger partial charge < -0.3 is 0 Å². The normalized spacial score (nSPS) is 20.1. The molecule has 0 saturated heterocycles. The summed E-state index contributed by atoms with van der Waals surface area (Å²) in [5.74, 6) is -0.235. The van der Waals surface area contributed by atoms with E-state index in [-0.39, 0.29) is 5.78 Å². The smallest absolute Gasteiger partial charge is 0.203 e. The Morgan fingerprint density at radius 3 is 2.06 bits per heavy atom. The van der Waals surface area contributed by atoms with Gasteiger partial charge in [-0.3, -0.25) is 4.79 Å². The molecule has 2 aliphatic carbocycles. The second-order valence-electron chi connectivity index (χ2n) is 9.57. The van der Waals surface area contributed by atoms with Crippen LogP contribution < -0.4 is 0 Å². The molecule has 0 aliphatic heterocycles. The lowest BCUT2D eigenvalue weighted by molar-refractivity contribution is -0.117. The summed E-state index contributed by atoms with van der Waals surface area (Å²) in [6.45, 7) is 6.60. The van der Waals surface area contributed by atoms with Crippen molar-refractivity contribution in [1.82, 2.24) is 0 Å². The molecule has 0 spiro atoms. The van der Waals surface area contributed by atoms with Crippen molar-refractivity contribution >= 4 is 23.7 Å². The lowest BCUT2D eigenvalue weighted by atomic mass is 9.90. The third kappa shape index (κ3) is 4.13. The number of sulfone groups is 1. The van der Waals surface area contributed by atoms with Crippen LogP contribution in [0.5, 0.6) is 0 Å². The Morgan fingerprint density at radius 2 is 1.45 bits per heavy atom. The Balaban J connectivity index is 1.96. The van der Waals surface area contributed by atoms with Crippen LogP contribution in [0.25, 0.3) is 0 Å². The summed E-state index contributed by atoms with van der Waals surface area (Å²) in [7, 11) is -5.59. The average Bonchev–Trinajstić information content (AvgIpc) is 2.88. The van der Waals surface area contributed by atoms with E-state index in [2.05, 4.69) is 19.6 Å². The van der Waals surface area contributed by atoms with Crippen LogP contribution in [0, 0.1) is 5.92 Å². The third-order valence-electron chi connectivity index (χ3n) is 6.33. The van der Waals surface area contributed by atoms with Gasteiger partial charge in [0, 0.05) is 0 Å². The van der Waals surface area contributed by atoms with Gasteiger partial charge in [-0.2, -0.15) is 0 Å². The molecule has 0 aromatic heterocycles. The standard InChI is InChI=1S/C26H30O3SSi/c1-31(2,3)26-21-16-10-11-17-23(30(28,29)20-14-8-5-9-15-20)24(21)22(25(26)27)18-19-12-6-4-7-13-19/h4-9,12-15,22H,10-11,16-18H2,1-3H3.